The maximum absolute atomic E-state index is 13.6. The van der Waals surface area contributed by atoms with Gasteiger partial charge in [0.1, 0.15) is 11.9 Å². The van der Waals surface area contributed by atoms with Gasteiger partial charge in [-0.25, -0.2) is 4.79 Å². The molecule has 0 aliphatic carbocycles. The Balaban J connectivity index is 1.99. The monoisotopic (exact) mass is 445 g/mol. The van der Waals surface area contributed by atoms with Crippen LogP contribution in [0.1, 0.15) is 31.2 Å². The van der Waals surface area contributed by atoms with E-state index in [1.54, 1.807) is 18.7 Å². The molecule has 170 valence electrons. The molecule has 2 aromatic heterocycles. The molecule has 0 N–H and O–H groups in total. The second-order valence-corrected chi connectivity index (χ2v) is 9.14. The van der Waals surface area contributed by atoms with Crippen molar-refractivity contribution in [3.63, 3.8) is 0 Å². The standard InChI is InChI=1S/C26H27N3O4/c1-26(2)15-33-23(17-9-7-6-8-10-17)22-21-19(24(30)28(4)25(31)27(21)3)20(29(22)26)16-11-13-18(32-5)14-12-16/h6-14,23H,15H2,1-5H3/t23-/m0/s1. The van der Waals surface area contributed by atoms with Gasteiger partial charge >= 0.3 is 5.69 Å². The van der Waals surface area contributed by atoms with Crippen LogP contribution in [0.25, 0.3) is 22.2 Å². The zero-order chi connectivity index (χ0) is 23.5. The second kappa shape index (κ2) is 7.49. The topological polar surface area (TPSA) is 67.4 Å². The maximum Gasteiger partial charge on any atom is 0.331 e. The molecule has 33 heavy (non-hydrogen) atoms. The van der Waals surface area contributed by atoms with Crippen LogP contribution in [0.5, 0.6) is 5.75 Å². The molecule has 1 atom stereocenters. The van der Waals surface area contributed by atoms with E-state index < -0.39 is 11.6 Å². The van der Waals surface area contributed by atoms with Gasteiger partial charge in [0.15, 0.2) is 0 Å². The summed E-state index contributed by atoms with van der Waals surface area (Å²) in [5.41, 5.74) is 2.93. The van der Waals surface area contributed by atoms with Crippen molar-refractivity contribution in [2.75, 3.05) is 13.7 Å². The molecule has 3 heterocycles. The highest BCUT2D eigenvalue weighted by Crippen LogP contribution is 2.45. The van der Waals surface area contributed by atoms with Gasteiger partial charge in [-0.1, -0.05) is 30.3 Å². The molecule has 0 fully saturated rings. The van der Waals surface area contributed by atoms with Crippen LogP contribution in [0, 0.1) is 0 Å². The lowest BCUT2D eigenvalue weighted by Gasteiger charge is -2.39. The number of aromatic nitrogens is 3. The van der Waals surface area contributed by atoms with E-state index >= 15 is 0 Å². The summed E-state index contributed by atoms with van der Waals surface area (Å²) in [4.78, 5) is 26.5. The van der Waals surface area contributed by atoms with Gasteiger partial charge in [0.25, 0.3) is 5.56 Å². The van der Waals surface area contributed by atoms with Crippen LogP contribution in [0.2, 0.25) is 0 Å². The molecule has 7 nitrogen and oxygen atoms in total. The van der Waals surface area contributed by atoms with Crippen LogP contribution < -0.4 is 16.0 Å². The Morgan fingerprint density at radius 2 is 1.64 bits per heavy atom. The Morgan fingerprint density at radius 1 is 0.970 bits per heavy atom. The lowest BCUT2D eigenvalue weighted by Crippen LogP contribution is -2.40. The third-order valence-electron chi connectivity index (χ3n) is 6.53. The SMILES string of the molecule is COc1ccc(-c2c3c(=O)n(C)c(=O)n(C)c3c3n2C(C)(C)CO[C@H]3c2ccccc2)cc1. The fraction of sp³-hybridized carbons (Fsp3) is 0.308. The number of ether oxygens (including phenoxy) is 2. The van der Waals surface area contributed by atoms with Crippen LogP contribution in [0.4, 0.5) is 0 Å². The lowest BCUT2D eigenvalue weighted by atomic mass is 9.98. The van der Waals surface area contributed by atoms with Crippen molar-refractivity contribution in [2.45, 2.75) is 25.5 Å². The molecule has 1 aliphatic rings. The molecule has 2 aromatic carbocycles. The van der Waals surface area contributed by atoms with Crippen molar-refractivity contribution in [2.24, 2.45) is 14.1 Å². The number of rotatable bonds is 3. The molecule has 0 amide bonds. The summed E-state index contributed by atoms with van der Waals surface area (Å²) in [6.45, 7) is 4.64. The van der Waals surface area contributed by atoms with Gasteiger partial charge in [-0.15, -0.1) is 0 Å². The minimum atomic E-state index is -0.448. The van der Waals surface area contributed by atoms with E-state index in [4.69, 9.17) is 9.47 Å². The molecule has 1 aliphatic heterocycles. The minimum absolute atomic E-state index is 0.316. The molecule has 0 spiro atoms. The molecular formula is C26H27N3O4. The van der Waals surface area contributed by atoms with E-state index in [0.29, 0.717) is 17.5 Å². The Kier molecular flexibility index (Phi) is 4.83. The number of methoxy groups -OCH3 is 1. The fourth-order valence-electron chi connectivity index (χ4n) is 4.90. The summed E-state index contributed by atoms with van der Waals surface area (Å²) in [6, 6.07) is 17.6. The van der Waals surface area contributed by atoms with E-state index in [0.717, 1.165) is 28.3 Å². The van der Waals surface area contributed by atoms with Crippen molar-refractivity contribution in [3.8, 4) is 17.0 Å². The van der Waals surface area contributed by atoms with E-state index in [-0.39, 0.29) is 11.2 Å². The third-order valence-corrected chi connectivity index (χ3v) is 6.53. The van der Waals surface area contributed by atoms with Crippen molar-refractivity contribution >= 4 is 10.9 Å². The van der Waals surface area contributed by atoms with Gasteiger partial charge in [0.2, 0.25) is 0 Å². The summed E-state index contributed by atoms with van der Waals surface area (Å²) in [6.07, 6.45) is -0.411. The number of nitrogens with zero attached hydrogens (tertiary/aromatic N) is 3. The van der Waals surface area contributed by atoms with Gasteiger partial charge in [-0.3, -0.25) is 13.9 Å². The summed E-state index contributed by atoms with van der Waals surface area (Å²) in [7, 11) is 4.86. The predicted octanol–water partition coefficient (Wildman–Crippen LogP) is 3.57. The van der Waals surface area contributed by atoms with Gasteiger partial charge in [-0.05, 0) is 49.2 Å². The van der Waals surface area contributed by atoms with Gasteiger partial charge < -0.3 is 14.0 Å². The average Bonchev–Trinajstić information content (AvgIpc) is 3.20. The number of hydrogen-bond donors (Lipinski definition) is 0. The average molecular weight is 446 g/mol. The van der Waals surface area contributed by atoms with Crippen LogP contribution in [-0.4, -0.2) is 27.4 Å². The Labute approximate surface area is 191 Å². The highest BCUT2D eigenvalue weighted by Gasteiger charge is 2.40. The first-order valence-electron chi connectivity index (χ1n) is 10.9. The second-order valence-electron chi connectivity index (χ2n) is 9.14. The smallest absolute Gasteiger partial charge is 0.331 e. The highest BCUT2D eigenvalue weighted by atomic mass is 16.5. The molecule has 0 saturated heterocycles. The first-order valence-corrected chi connectivity index (χ1v) is 10.9. The number of aryl methyl sites for hydroxylation is 1. The zero-order valence-electron chi connectivity index (χ0n) is 19.5. The Bertz CT molecular complexity index is 1470. The van der Waals surface area contributed by atoms with Crippen LogP contribution in [-0.2, 0) is 24.4 Å². The molecule has 0 bridgehead atoms. The minimum Gasteiger partial charge on any atom is -0.497 e. The van der Waals surface area contributed by atoms with Crippen LogP contribution >= 0.6 is 0 Å². The van der Waals surface area contributed by atoms with Gasteiger partial charge in [0, 0.05) is 14.1 Å². The van der Waals surface area contributed by atoms with Crippen molar-refractivity contribution in [3.05, 3.63) is 86.7 Å². The van der Waals surface area contributed by atoms with Crippen LogP contribution in [0.15, 0.2) is 64.2 Å². The van der Waals surface area contributed by atoms with Gasteiger partial charge in [-0.2, -0.15) is 0 Å². The normalized spacial score (nSPS) is 17.2. The Morgan fingerprint density at radius 3 is 2.27 bits per heavy atom. The van der Waals surface area contributed by atoms with Crippen molar-refractivity contribution in [1.29, 1.82) is 0 Å². The van der Waals surface area contributed by atoms with E-state index in [1.165, 1.54) is 11.6 Å². The largest absolute Gasteiger partial charge is 0.497 e. The number of benzene rings is 2. The number of hydrogen-bond acceptors (Lipinski definition) is 4. The van der Waals surface area contributed by atoms with Crippen LogP contribution in [0.3, 0.4) is 0 Å². The molecular weight excluding hydrogens is 418 g/mol. The van der Waals surface area contributed by atoms with E-state index in [2.05, 4.69) is 18.4 Å². The summed E-state index contributed by atoms with van der Waals surface area (Å²) in [5.74, 6) is 0.735. The molecule has 0 saturated carbocycles. The third kappa shape index (κ3) is 3.07. The van der Waals surface area contributed by atoms with Crippen molar-refractivity contribution in [1.82, 2.24) is 13.7 Å². The molecule has 7 heteroatoms. The summed E-state index contributed by atoms with van der Waals surface area (Å²) in [5, 5.41) is 0.513. The van der Waals surface area contributed by atoms with Crippen molar-refractivity contribution < 1.29 is 9.47 Å². The maximum atomic E-state index is 13.6. The number of fused-ring (bicyclic) bond motifs is 3. The Hall–Kier alpha value is -3.58. The van der Waals surface area contributed by atoms with E-state index in [9.17, 15) is 9.59 Å². The summed E-state index contributed by atoms with van der Waals surface area (Å²) >= 11 is 0. The first kappa shape index (κ1) is 21.3. The fourth-order valence-corrected chi connectivity index (χ4v) is 4.90. The first-order chi connectivity index (χ1) is 15.8. The molecule has 5 rings (SSSR count). The predicted molar refractivity (Wildman–Crippen MR) is 128 cm³/mol. The summed E-state index contributed by atoms with van der Waals surface area (Å²) < 4.78 is 16.7. The quantitative estimate of drug-likeness (QED) is 0.484. The zero-order valence-corrected chi connectivity index (χ0v) is 19.5. The molecule has 4 aromatic rings. The molecule has 0 unspecified atom stereocenters. The lowest BCUT2D eigenvalue weighted by molar-refractivity contribution is -0.00707. The molecule has 0 radical (unpaired) electrons. The van der Waals surface area contributed by atoms with Gasteiger partial charge in [0.05, 0.1) is 41.5 Å². The van der Waals surface area contributed by atoms with E-state index in [1.807, 2.05) is 54.6 Å². The highest BCUT2D eigenvalue weighted by molar-refractivity contribution is 5.96.